The molecule has 0 radical (unpaired) electrons. The molecule has 0 saturated heterocycles. The molecule has 0 aliphatic heterocycles. The summed E-state index contributed by atoms with van der Waals surface area (Å²) in [5.41, 5.74) is 2.74. The standard InChI is InChI=1S/C11H8BrFN6O/c12-5-1-2-8(7(13)3-5)20-10-6-4-15-19-9(6)16-11(17-10)18-14/h1-4H,14H2,(H2,15,16,17,18,19). The van der Waals surface area contributed by atoms with Gasteiger partial charge < -0.3 is 4.74 Å². The molecule has 102 valence electrons. The van der Waals surface area contributed by atoms with E-state index in [1.165, 1.54) is 18.3 Å². The molecule has 7 nitrogen and oxygen atoms in total. The van der Waals surface area contributed by atoms with Crippen LogP contribution in [0.1, 0.15) is 0 Å². The van der Waals surface area contributed by atoms with E-state index >= 15 is 0 Å². The Hall–Kier alpha value is -2.26. The van der Waals surface area contributed by atoms with E-state index in [2.05, 4.69) is 41.5 Å². The number of anilines is 1. The highest BCUT2D eigenvalue weighted by Crippen LogP contribution is 2.30. The second-order valence-electron chi connectivity index (χ2n) is 3.81. The zero-order valence-corrected chi connectivity index (χ0v) is 11.5. The van der Waals surface area contributed by atoms with Crippen LogP contribution in [0.15, 0.2) is 28.9 Å². The van der Waals surface area contributed by atoms with Gasteiger partial charge in [-0.2, -0.15) is 15.1 Å². The van der Waals surface area contributed by atoms with Crippen LogP contribution >= 0.6 is 15.9 Å². The van der Waals surface area contributed by atoms with Crippen LogP contribution in [0, 0.1) is 5.82 Å². The second-order valence-corrected chi connectivity index (χ2v) is 4.72. The third kappa shape index (κ3) is 2.28. The van der Waals surface area contributed by atoms with Crippen molar-refractivity contribution < 1.29 is 9.13 Å². The first-order valence-electron chi connectivity index (χ1n) is 5.48. The molecule has 0 saturated carbocycles. The predicted octanol–water partition coefficient (Wildman–Crippen LogP) is 2.33. The van der Waals surface area contributed by atoms with E-state index in [0.717, 1.165) is 0 Å². The first kappa shape index (κ1) is 12.8. The minimum absolute atomic E-state index is 0.0392. The van der Waals surface area contributed by atoms with E-state index in [9.17, 15) is 4.39 Å². The number of nitrogen functional groups attached to an aromatic ring is 1. The summed E-state index contributed by atoms with van der Waals surface area (Å²) in [6.07, 6.45) is 1.49. The molecule has 20 heavy (non-hydrogen) atoms. The molecule has 4 N–H and O–H groups in total. The summed E-state index contributed by atoms with van der Waals surface area (Å²) in [5, 5.41) is 7.02. The lowest BCUT2D eigenvalue weighted by atomic mass is 10.3. The topological polar surface area (TPSA) is 102 Å². The van der Waals surface area contributed by atoms with Gasteiger partial charge in [-0.15, -0.1) is 0 Å². The first-order chi connectivity index (χ1) is 9.67. The van der Waals surface area contributed by atoms with Crippen LogP contribution in [0.25, 0.3) is 11.0 Å². The van der Waals surface area contributed by atoms with Crippen LogP contribution in [0.5, 0.6) is 11.6 Å². The van der Waals surface area contributed by atoms with Gasteiger partial charge in [0.15, 0.2) is 17.2 Å². The van der Waals surface area contributed by atoms with Crippen LogP contribution < -0.4 is 16.0 Å². The third-order valence-corrected chi connectivity index (χ3v) is 3.00. The summed E-state index contributed by atoms with van der Waals surface area (Å²) in [7, 11) is 0. The highest BCUT2D eigenvalue weighted by molar-refractivity contribution is 9.10. The molecule has 1 aromatic carbocycles. The number of hydrazine groups is 1. The Kier molecular flexibility index (Phi) is 3.20. The molecule has 0 aliphatic rings. The maximum atomic E-state index is 13.8. The minimum atomic E-state index is -0.517. The van der Waals surface area contributed by atoms with Crippen LogP contribution in [0.2, 0.25) is 0 Å². The summed E-state index contributed by atoms with van der Waals surface area (Å²) < 4.78 is 19.9. The van der Waals surface area contributed by atoms with Crippen LogP contribution in [-0.2, 0) is 0 Å². The number of fused-ring (bicyclic) bond motifs is 1. The highest BCUT2D eigenvalue weighted by atomic mass is 79.9. The second kappa shape index (κ2) is 5.02. The fraction of sp³-hybridized carbons (Fsp3) is 0. The number of ether oxygens (including phenoxy) is 1. The fourth-order valence-corrected chi connectivity index (χ4v) is 1.95. The van der Waals surface area contributed by atoms with Crippen molar-refractivity contribution in [1.82, 2.24) is 20.2 Å². The van der Waals surface area contributed by atoms with E-state index in [1.54, 1.807) is 6.07 Å². The van der Waals surface area contributed by atoms with E-state index < -0.39 is 5.82 Å². The molecule has 0 atom stereocenters. The molecule has 3 rings (SSSR count). The van der Waals surface area contributed by atoms with Crippen molar-refractivity contribution in [1.29, 1.82) is 0 Å². The van der Waals surface area contributed by atoms with Crippen molar-refractivity contribution in [2.24, 2.45) is 5.84 Å². The van der Waals surface area contributed by atoms with Gasteiger partial charge in [0.1, 0.15) is 5.39 Å². The normalized spacial score (nSPS) is 10.8. The van der Waals surface area contributed by atoms with Crippen molar-refractivity contribution in [2.45, 2.75) is 0 Å². The lowest BCUT2D eigenvalue weighted by Crippen LogP contribution is -2.11. The van der Waals surface area contributed by atoms with Crippen LogP contribution in [0.3, 0.4) is 0 Å². The SMILES string of the molecule is NNc1nc(Oc2ccc(Br)cc2F)c2cn[nH]c2n1. The lowest BCUT2D eigenvalue weighted by molar-refractivity contribution is 0.432. The Balaban J connectivity index is 2.07. The quantitative estimate of drug-likeness (QED) is 0.500. The van der Waals surface area contributed by atoms with Gasteiger partial charge in [-0.25, -0.2) is 10.2 Å². The molecule has 2 heterocycles. The minimum Gasteiger partial charge on any atom is -0.435 e. The number of aromatic nitrogens is 4. The van der Waals surface area contributed by atoms with Crippen molar-refractivity contribution in [2.75, 3.05) is 5.43 Å². The Morgan fingerprint density at radius 2 is 2.20 bits per heavy atom. The molecule has 0 spiro atoms. The molecule has 0 unspecified atom stereocenters. The Bertz CT molecular complexity index is 777. The fourth-order valence-electron chi connectivity index (χ4n) is 1.61. The van der Waals surface area contributed by atoms with Gasteiger partial charge in [-0.05, 0) is 18.2 Å². The molecule has 9 heteroatoms. The van der Waals surface area contributed by atoms with Gasteiger partial charge >= 0.3 is 0 Å². The van der Waals surface area contributed by atoms with E-state index in [1.807, 2.05) is 0 Å². The van der Waals surface area contributed by atoms with Crippen LogP contribution in [-0.4, -0.2) is 20.2 Å². The number of H-pyrrole nitrogens is 1. The number of halogens is 2. The zero-order chi connectivity index (χ0) is 14.1. The van der Waals surface area contributed by atoms with E-state index in [-0.39, 0.29) is 17.6 Å². The summed E-state index contributed by atoms with van der Waals surface area (Å²) >= 11 is 3.18. The zero-order valence-electron chi connectivity index (χ0n) is 9.89. The van der Waals surface area contributed by atoms with Crippen molar-refractivity contribution in [3.05, 3.63) is 34.7 Å². The number of aromatic amines is 1. The maximum absolute atomic E-state index is 13.8. The van der Waals surface area contributed by atoms with Gasteiger partial charge in [-0.3, -0.25) is 10.5 Å². The summed E-state index contributed by atoms with van der Waals surface area (Å²) in [6, 6.07) is 4.45. The number of rotatable bonds is 3. The molecule has 0 fully saturated rings. The Labute approximate surface area is 120 Å². The molecule has 0 bridgehead atoms. The number of nitrogens with one attached hydrogen (secondary N) is 2. The third-order valence-electron chi connectivity index (χ3n) is 2.50. The van der Waals surface area contributed by atoms with Crippen molar-refractivity contribution in [3.8, 4) is 11.6 Å². The van der Waals surface area contributed by atoms with Crippen molar-refractivity contribution in [3.63, 3.8) is 0 Å². The Morgan fingerprint density at radius 1 is 1.35 bits per heavy atom. The largest absolute Gasteiger partial charge is 0.435 e. The van der Waals surface area contributed by atoms with Crippen LogP contribution in [0.4, 0.5) is 10.3 Å². The number of hydrogen-bond acceptors (Lipinski definition) is 6. The first-order valence-corrected chi connectivity index (χ1v) is 6.27. The molecular weight excluding hydrogens is 331 g/mol. The number of nitrogens with zero attached hydrogens (tertiary/aromatic N) is 3. The molecular formula is C11H8BrFN6O. The smallest absolute Gasteiger partial charge is 0.242 e. The lowest BCUT2D eigenvalue weighted by Gasteiger charge is -2.08. The highest BCUT2D eigenvalue weighted by Gasteiger charge is 2.13. The monoisotopic (exact) mass is 338 g/mol. The van der Waals surface area contributed by atoms with Gasteiger partial charge in [0.05, 0.1) is 6.20 Å². The average molecular weight is 339 g/mol. The van der Waals surface area contributed by atoms with E-state index in [0.29, 0.717) is 15.5 Å². The molecule has 2 aromatic heterocycles. The number of hydrogen-bond donors (Lipinski definition) is 3. The number of nitrogens with two attached hydrogens (primary N) is 1. The molecule has 0 aliphatic carbocycles. The summed E-state index contributed by atoms with van der Waals surface area (Å²) in [4.78, 5) is 8.09. The summed E-state index contributed by atoms with van der Waals surface area (Å²) in [6.45, 7) is 0. The predicted molar refractivity (Wildman–Crippen MR) is 73.7 cm³/mol. The summed E-state index contributed by atoms with van der Waals surface area (Å²) in [5.74, 6) is 5.08. The van der Waals surface area contributed by atoms with Gasteiger partial charge in [0, 0.05) is 4.47 Å². The number of benzene rings is 1. The molecule has 0 amide bonds. The molecule has 3 aromatic rings. The van der Waals surface area contributed by atoms with Crippen molar-refractivity contribution >= 4 is 32.9 Å². The van der Waals surface area contributed by atoms with Gasteiger partial charge in [0.25, 0.3) is 0 Å². The van der Waals surface area contributed by atoms with E-state index in [4.69, 9.17) is 10.6 Å². The Morgan fingerprint density at radius 3 is 2.95 bits per heavy atom. The van der Waals surface area contributed by atoms with Gasteiger partial charge in [-0.1, -0.05) is 15.9 Å². The van der Waals surface area contributed by atoms with Gasteiger partial charge in [0.2, 0.25) is 11.8 Å². The average Bonchev–Trinajstić information content (AvgIpc) is 2.90. The maximum Gasteiger partial charge on any atom is 0.242 e.